The molecule has 1 aliphatic carbocycles. The Labute approximate surface area is 142 Å². The largest absolute Gasteiger partial charge is 0.492 e. The van der Waals surface area contributed by atoms with Crippen LogP contribution in [0, 0.1) is 13.8 Å². The Kier molecular flexibility index (Phi) is 4.85. The topological polar surface area (TPSA) is 99.1 Å². The fraction of sp³-hybridized carbons (Fsp3) is 0.444. The van der Waals surface area contributed by atoms with Crippen LogP contribution in [0.1, 0.15) is 35.6 Å². The van der Waals surface area contributed by atoms with Crippen molar-refractivity contribution >= 4 is 11.8 Å². The van der Waals surface area contributed by atoms with Crippen LogP contribution in [0.25, 0.3) is 0 Å². The van der Waals surface area contributed by atoms with Crippen LogP contribution < -0.4 is 21.5 Å². The maximum absolute atomic E-state index is 5.85. The van der Waals surface area contributed by atoms with Gasteiger partial charge in [0.1, 0.15) is 18.2 Å². The van der Waals surface area contributed by atoms with Crippen molar-refractivity contribution in [3.8, 4) is 5.75 Å². The van der Waals surface area contributed by atoms with Crippen LogP contribution in [-0.4, -0.2) is 29.2 Å². The van der Waals surface area contributed by atoms with Gasteiger partial charge in [-0.25, -0.2) is 4.98 Å². The number of aromatic nitrogens is 2. The van der Waals surface area contributed by atoms with Crippen LogP contribution in [0.5, 0.6) is 5.75 Å². The molecule has 1 fully saturated rings. The molecule has 128 valence electrons. The third-order valence-corrected chi connectivity index (χ3v) is 4.51. The number of hydrogen-bond donors (Lipinski definition) is 3. The molecule has 24 heavy (non-hydrogen) atoms. The van der Waals surface area contributed by atoms with E-state index in [9.17, 15) is 0 Å². The van der Waals surface area contributed by atoms with E-state index in [0.717, 1.165) is 30.1 Å². The molecular weight excluding hydrogens is 302 g/mol. The summed E-state index contributed by atoms with van der Waals surface area (Å²) in [7, 11) is 0. The van der Waals surface area contributed by atoms with Crippen LogP contribution in [0.15, 0.2) is 24.3 Å². The molecule has 1 aromatic heterocycles. The van der Waals surface area contributed by atoms with Gasteiger partial charge in [-0.15, -0.1) is 0 Å². The monoisotopic (exact) mass is 327 g/mol. The maximum Gasteiger partial charge on any atom is 0.222 e. The van der Waals surface area contributed by atoms with E-state index in [4.69, 9.17) is 16.2 Å². The summed E-state index contributed by atoms with van der Waals surface area (Å²) in [5.74, 6) is 2.32. The van der Waals surface area contributed by atoms with Crippen LogP contribution in [0.3, 0.4) is 0 Å². The van der Waals surface area contributed by atoms with Crippen LogP contribution >= 0.6 is 0 Å². The van der Waals surface area contributed by atoms with Crippen molar-refractivity contribution in [1.82, 2.24) is 9.97 Å². The average Bonchev–Trinajstić information content (AvgIpc) is 2.51. The first-order valence-electron chi connectivity index (χ1n) is 8.35. The number of hydrogen-bond acceptors (Lipinski definition) is 6. The van der Waals surface area contributed by atoms with Crippen LogP contribution in [0.2, 0.25) is 0 Å². The molecule has 1 aromatic carbocycles. The van der Waals surface area contributed by atoms with Gasteiger partial charge in [0.15, 0.2) is 0 Å². The highest BCUT2D eigenvalue weighted by atomic mass is 16.5. The van der Waals surface area contributed by atoms with E-state index in [1.54, 1.807) is 0 Å². The van der Waals surface area contributed by atoms with E-state index in [1.807, 2.05) is 12.1 Å². The third-order valence-electron chi connectivity index (χ3n) is 4.51. The van der Waals surface area contributed by atoms with Gasteiger partial charge in [0.25, 0.3) is 0 Å². The minimum atomic E-state index is 0.286. The van der Waals surface area contributed by atoms with E-state index in [0.29, 0.717) is 25.0 Å². The van der Waals surface area contributed by atoms with Crippen LogP contribution in [0.4, 0.5) is 11.8 Å². The van der Waals surface area contributed by atoms with Gasteiger partial charge < -0.3 is 21.5 Å². The maximum atomic E-state index is 5.85. The molecule has 0 radical (unpaired) electrons. The molecule has 2 aromatic rings. The highest BCUT2D eigenvalue weighted by Gasteiger charge is 2.29. The van der Waals surface area contributed by atoms with Gasteiger partial charge in [0, 0.05) is 18.0 Å². The summed E-state index contributed by atoms with van der Waals surface area (Å²) in [5.41, 5.74) is 15.1. The molecular formula is C18H25N5O. The summed E-state index contributed by atoms with van der Waals surface area (Å²) >= 11 is 0. The first-order valence-corrected chi connectivity index (χ1v) is 8.35. The number of rotatable bonds is 6. The molecule has 1 saturated carbocycles. The van der Waals surface area contributed by atoms with Crippen molar-refractivity contribution in [3.63, 3.8) is 0 Å². The van der Waals surface area contributed by atoms with Crippen molar-refractivity contribution in [2.45, 2.75) is 38.6 Å². The Bertz CT molecular complexity index is 713. The molecule has 0 unspecified atom stereocenters. The molecule has 1 heterocycles. The van der Waals surface area contributed by atoms with Crippen molar-refractivity contribution < 1.29 is 4.74 Å². The molecule has 0 atom stereocenters. The molecule has 0 amide bonds. The Balaban J connectivity index is 1.52. The van der Waals surface area contributed by atoms with Crippen molar-refractivity contribution in [2.24, 2.45) is 5.73 Å². The predicted molar refractivity (Wildman–Crippen MR) is 96.3 cm³/mol. The Hall–Kier alpha value is -2.34. The van der Waals surface area contributed by atoms with Crippen LogP contribution in [-0.2, 0) is 0 Å². The molecule has 0 spiro atoms. The van der Waals surface area contributed by atoms with E-state index in [2.05, 4.69) is 41.3 Å². The van der Waals surface area contributed by atoms with E-state index >= 15 is 0 Å². The summed E-state index contributed by atoms with van der Waals surface area (Å²) in [6.07, 6.45) is 1.93. The summed E-state index contributed by atoms with van der Waals surface area (Å²) in [6.45, 7) is 5.37. The van der Waals surface area contributed by atoms with Gasteiger partial charge in [-0.05, 0) is 49.9 Å². The van der Waals surface area contributed by atoms with E-state index < -0.39 is 0 Å². The number of ether oxygens (including phenoxy) is 1. The standard InChI is InChI=1S/C18H25N5O/c1-11-3-4-15(7-12(11)2)24-6-5-21-17-10-16(22-18(20)23-17)13-8-14(19)9-13/h3-4,7,10,13-14H,5-6,8-9,19H2,1-2H3,(H3,20,21,22,23). The number of nitrogens with zero attached hydrogens (tertiary/aromatic N) is 2. The lowest BCUT2D eigenvalue weighted by molar-refractivity contribution is 0.332. The average molecular weight is 327 g/mol. The highest BCUT2D eigenvalue weighted by Crippen LogP contribution is 2.35. The molecule has 0 aliphatic heterocycles. The lowest BCUT2D eigenvalue weighted by atomic mass is 9.78. The first kappa shape index (κ1) is 16.5. The summed E-state index contributed by atoms with van der Waals surface area (Å²) < 4.78 is 5.76. The van der Waals surface area contributed by atoms with Gasteiger partial charge in [0.2, 0.25) is 5.95 Å². The normalized spacial score (nSPS) is 19.6. The number of nitrogens with one attached hydrogen (secondary N) is 1. The second kappa shape index (κ2) is 7.05. The van der Waals surface area contributed by atoms with E-state index in [1.165, 1.54) is 11.1 Å². The summed E-state index contributed by atoms with van der Waals surface area (Å²) in [4.78, 5) is 8.56. The summed E-state index contributed by atoms with van der Waals surface area (Å²) in [5, 5.41) is 3.25. The van der Waals surface area contributed by atoms with Crippen molar-refractivity contribution in [3.05, 3.63) is 41.1 Å². The Morgan fingerprint density at radius 1 is 1.17 bits per heavy atom. The number of anilines is 2. The van der Waals surface area contributed by atoms with Gasteiger partial charge in [-0.1, -0.05) is 6.07 Å². The second-order valence-corrected chi connectivity index (χ2v) is 6.49. The second-order valence-electron chi connectivity index (χ2n) is 6.49. The molecule has 5 N–H and O–H groups in total. The first-order chi connectivity index (χ1) is 11.5. The lowest BCUT2D eigenvalue weighted by Gasteiger charge is -2.32. The summed E-state index contributed by atoms with van der Waals surface area (Å²) in [6, 6.07) is 8.36. The Morgan fingerprint density at radius 2 is 1.96 bits per heavy atom. The van der Waals surface area contributed by atoms with E-state index in [-0.39, 0.29) is 6.04 Å². The molecule has 3 rings (SSSR count). The fourth-order valence-corrected chi connectivity index (χ4v) is 2.84. The lowest BCUT2D eigenvalue weighted by Crippen LogP contribution is -2.35. The predicted octanol–water partition coefficient (Wildman–Crippen LogP) is 2.37. The third kappa shape index (κ3) is 3.94. The molecule has 6 nitrogen and oxygen atoms in total. The number of nitrogen functional groups attached to an aromatic ring is 1. The number of benzene rings is 1. The van der Waals surface area contributed by atoms with Crippen molar-refractivity contribution in [1.29, 1.82) is 0 Å². The minimum absolute atomic E-state index is 0.286. The quantitative estimate of drug-likeness (QED) is 0.705. The zero-order chi connectivity index (χ0) is 17.1. The van der Waals surface area contributed by atoms with Gasteiger partial charge >= 0.3 is 0 Å². The molecule has 6 heteroatoms. The minimum Gasteiger partial charge on any atom is -0.492 e. The van der Waals surface area contributed by atoms with Crippen molar-refractivity contribution in [2.75, 3.05) is 24.2 Å². The smallest absolute Gasteiger partial charge is 0.222 e. The highest BCUT2D eigenvalue weighted by molar-refractivity contribution is 5.42. The van der Waals surface area contributed by atoms with Gasteiger partial charge in [-0.2, -0.15) is 4.98 Å². The molecule has 0 bridgehead atoms. The molecule has 1 aliphatic rings. The fourth-order valence-electron chi connectivity index (χ4n) is 2.84. The van der Waals surface area contributed by atoms with Gasteiger partial charge in [-0.3, -0.25) is 0 Å². The SMILES string of the molecule is Cc1ccc(OCCNc2cc(C3CC(N)C3)nc(N)n2)cc1C. The molecule has 0 saturated heterocycles. The van der Waals surface area contributed by atoms with Gasteiger partial charge in [0.05, 0.1) is 12.2 Å². The number of nitrogens with two attached hydrogens (primary N) is 2. The Morgan fingerprint density at radius 3 is 2.67 bits per heavy atom. The zero-order valence-corrected chi connectivity index (χ0v) is 14.2. The zero-order valence-electron chi connectivity index (χ0n) is 14.2. The number of aryl methyl sites for hydroxylation is 2.